The molecule has 15 heteroatoms. The maximum absolute atomic E-state index is 12.5. The van der Waals surface area contributed by atoms with Gasteiger partial charge in [0.05, 0.1) is 0 Å². The lowest BCUT2D eigenvalue weighted by Gasteiger charge is -2.22. The Labute approximate surface area is 156 Å². The fourth-order valence-corrected chi connectivity index (χ4v) is 0.678. The van der Waals surface area contributed by atoms with Crippen molar-refractivity contribution in [1.82, 2.24) is 0 Å². The van der Waals surface area contributed by atoms with Crippen LogP contribution < -0.4 is 0 Å². The normalized spacial score (nSPS) is 11.4. The van der Waals surface area contributed by atoms with E-state index in [1.54, 1.807) is 0 Å². The van der Waals surface area contributed by atoms with Gasteiger partial charge in [0.1, 0.15) is 0 Å². The Kier molecular flexibility index (Phi) is 14.0. The van der Waals surface area contributed by atoms with E-state index in [0.29, 0.717) is 0 Å². The second-order valence-corrected chi connectivity index (χ2v) is 4.44. The standard InChI is InChI=1S/C8H8F6O2.C3HF3O2.C3H4O2/c1-4(2)5(15)16-3-7(10,11)6(9)8(12,13)14;4-1(2(5)6)3(7)8;1-2-3(4)5/h6H,1,3H2,2H3;(H,7,8);2H,1H2,(H,4,5). The zero-order valence-electron chi connectivity index (χ0n) is 14.2. The molecule has 0 rings (SSSR count). The summed E-state index contributed by atoms with van der Waals surface area (Å²) in [6, 6.07) is 0. The Hall–Kier alpha value is -3.00. The first-order chi connectivity index (χ1) is 12.8. The number of hydrogen-bond donors (Lipinski definition) is 2. The second kappa shape index (κ2) is 13.2. The smallest absolute Gasteiger partial charge is 0.425 e. The summed E-state index contributed by atoms with van der Waals surface area (Å²) in [5.74, 6) is -11.8. The van der Waals surface area contributed by atoms with Gasteiger partial charge in [-0.3, -0.25) is 0 Å². The van der Waals surface area contributed by atoms with Crippen LogP contribution in [0.2, 0.25) is 0 Å². The maximum atomic E-state index is 12.5. The van der Waals surface area contributed by atoms with E-state index in [1.807, 2.05) is 0 Å². The summed E-state index contributed by atoms with van der Waals surface area (Å²) in [6.07, 6.45) is -12.1. The highest BCUT2D eigenvalue weighted by atomic mass is 19.4. The van der Waals surface area contributed by atoms with Gasteiger partial charge in [-0.2, -0.15) is 35.1 Å². The predicted octanol–water partition coefficient (Wildman–Crippen LogP) is 4.05. The molecule has 0 heterocycles. The van der Waals surface area contributed by atoms with Crippen LogP contribution in [0.15, 0.2) is 36.7 Å². The molecule has 0 spiro atoms. The van der Waals surface area contributed by atoms with Crippen molar-refractivity contribution in [3.05, 3.63) is 36.7 Å². The van der Waals surface area contributed by atoms with Crippen LogP contribution in [0.5, 0.6) is 0 Å². The quantitative estimate of drug-likeness (QED) is 0.361. The van der Waals surface area contributed by atoms with E-state index in [9.17, 15) is 53.9 Å². The summed E-state index contributed by atoms with van der Waals surface area (Å²) in [5, 5.41) is 15.0. The van der Waals surface area contributed by atoms with Gasteiger partial charge in [0.15, 0.2) is 6.61 Å². The fourth-order valence-electron chi connectivity index (χ4n) is 0.678. The molecule has 2 N–H and O–H groups in total. The molecule has 1 unspecified atom stereocenters. The van der Waals surface area contributed by atoms with Gasteiger partial charge < -0.3 is 14.9 Å². The minimum absolute atomic E-state index is 0.279. The Morgan fingerprint density at radius 3 is 1.62 bits per heavy atom. The Bertz CT molecular complexity index is 636. The lowest BCUT2D eigenvalue weighted by atomic mass is 10.2. The average Bonchev–Trinajstić information content (AvgIpc) is 2.58. The number of aliphatic carboxylic acids is 2. The molecular weight excluding hydrogens is 435 g/mol. The van der Waals surface area contributed by atoms with E-state index < -0.39 is 54.7 Å². The van der Waals surface area contributed by atoms with Gasteiger partial charge in [-0.1, -0.05) is 13.2 Å². The highest BCUT2D eigenvalue weighted by Crippen LogP contribution is 2.35. The molecular formula is C14H13F9O6. The van der Waals surface area contributed by atoms with Crippen molar-refractivity contribution < 1.29 is 68.8 Å². The summed E-state index contributed by atoms with van der Waals surface area (Å²) < 4.78 is 109. The SMILES string of the molecule is C=C(C)C(=O)OCC(F)(F)C(F)C(F)(F)F.C=CC(=O)O.O=C(O)C(F)=C(F)F. The molecule has 1 atom stereocenters. The number of rotatable bonds is 6. The molecule has 29 heavy (non-hydrogen) atoms. The van der Waals surface area contributed by atoms with Gasteiger partial charge >= 0.3 is 36.1 Å². The van der Waals surface area contributed by atoms with Gasteiger partial charge in [0, 0.05) is 11.6 Å². The van der Waals surface area contributed by atoms with E-state index in [2.05, 4.69) is 17.9 Å². The minimum atomic E-state index is -5.71. The molecule has 0 saturated carbocycles. The summed E-state index contributed by atoms with van der Waals surface area (Å²) in [4.78, 5) is 29.1. The van der Waals surface area contributed by atoms with E-state index in [-0.39, 0.29) is 5.57 Å². The van der Waals surface area contributed by atoms with Crippen molar-refractivity contribution >= 4 is 17.9 Å². The molecule has 0 aromatic carbocycles. The Morgan fingerprint density at radius 2 is 1.45 bits per heavy atom. The first-order valence-electron chi connectivity index (χ1n) is 6.51. The zero-order chi connectivity index (χ0) is 24.2. The number of halogens is 9. The third kappa shape index (κ3) is 15.7. The Balaban J connectivity index is -0.000000430. The van der Waals surface area contributed by atoms with Crippen LogP contribution >= 0.6 is 0 Å². The van der Waals surface area contributed by atoms with Gasteiger partial charge in [0.25, 0.3) is 12.0 Å². The molecule has 0 fully saturated rings. The molecule has 168 valence electrons. The van der Waals surface area contributed by atoms with E-state index >= 15 is 0 Å². The van der Waals surface area contributed by atoms with Crippen LogP contribution in [0, 0.1) is 0 Å². The molecule has 0 saturated heterocycles. The second-order valence-electron chi connectivity index (χ2n) is 4.44. The Morgan fingerprint density at radius 1 is 1.07 bits per heavy atom. The van der Waals surface area contributed by atoms with E-state index in [1.165, 1.54) is 0 Å². The average molecular weight is 448 g/mol. The lowest BCUT2D eigenvalue weighted by Crippen LogP contribution is -2.45. The van der Waals surface area contributed by atoms with Gasteiger partial charge in [0.2, 0.25) is 0 Å². The number of carboxylic acid groups (broad SMARTS) is 2. The number of hydrogen-bond acceptors (Lipinski definition) is 4. The van der Waals surface area contributed by atoms with E-state index in [0.717, 1.165) is 13.0 Å². The van der Waals surface area contributed by atoms with Crippen molar-refractivity contribution in [3.8, 4) is 0 Å². The highest BCUT2D eigenvalue weighted by Gasteiger charge is 2.57. The monoisotopic (exact) mass is 448 g/mol. The van der Waals surface area contributed by atoms with Crippen molar-refractivity contribution in [2.75, 3.05) is 6.61 Å². The fraction of sp³-hybridized carbons (Fsp3) is 0.357. The predicted molar refractivity (Wildman–Crippen MR) is 77.5 cm³/mol. The zero-order valence-corrected chi connectivity index (χ0v) is 14.2. The molecule has 0 bridgehead atoms. The number of esters is 1. The number of carbonyl (C=O) groups excluding carboxylic acids is 1. The number of ether oxygens (including phenoxy) is 1. The largest absolute Gasteiger partial charge is 0.478 e. The first kappa shape index (κ1) is 30.7. The van der Waals surface area contributed by atoms with Gasteiger partial charge in [-0.25, -0.2) is 18.8 Å². The van der Waals surface area contributed by atoms with Crippen molar-refractivity contribution in [1.29, 1.82) is 0 Å². The summed E-state index contributed by atoms with van der Waals surface area (Å²) in [7, 11) is 0. The summed E-state index contributed by atoms with van der Waals surface area (Å²) in [5.41, 5.74) is -0.279. The van der Waals surface area contributed by atoms with Crippen LogP contribution in [0.3, 0.4) is 0 Å². The molecule has 0 radical (unpaired) electrons. The maximum Gasteiger partial charge on any atom is 0.425 e. The van der Waals surface area contributed by atoms with Gasteiger partial charge in [-0.15, -0.1) is 0 Å². The summed E-state index contributed by atoms with van der Waals surface area (Å²) in [6.45, 7) is 5.10. The molecule has 6 nitrogen and oxygen atoms in total. The molecule has 0 aromatic heterocycles. The third-order valence-corrected chi connectivity index (χ3v) is 1.93. The van der Waals surface area contributed by atoms with Crippen LogP contribution in [0.4, 0.5) is 39.5 Å². The number of carboxylic acids is 2. The molecule has 0 amide bonds. The van der Waals surface area contributed by atoms with Gasteiger partial charge in [-0.05, 0) is 6.92 Å². The number of alkyl halides is 6. The summed E-state index contributed by atoms with van der Waals surface area (Å²) >= 11 is 0. The molecule has 0 aromatic rings. The van der Waals surface area contributed by atoms with Crippen molar-refractivity contribution in [2.24, 2.45) is 0 Å². The molecule has 0 aliphatic carbocycles. The molecule has 0 aliphatic heterocycles. The van der Waals surface area contributed by atoms with Crippen LogP contribution in [-0.2, 0) is 19.1 Å². The number of carbonyl (C=O) groups is 3. The van der Waals surface area contributed by atoms with Crippen LogP contribution in [0.25, 0.3) is 0 Å². The van der Waals surface area contributed by atoms with Crippen molar-refractivity contribution in [3.63, 3.8) is 0 Å². The lowest BCUT2D eigenvalue weighted by molar-refractivity contribution is -0.253. The van der Waals surface area contributed by atoms with E-state index in [4.69, 9.17) is 10.2 Å². The first-order valence-corrected chi connectivity index (χ1v) is 6.51. The highest BCUT2D eigenvalue weighted by molar-refractivity contribution is 5.87. The minimum Gasteiger partial charge on any atom is -0.478 e. The molecule has 0 aliphatic rings. The van der Waals surface area contributed by atoms with Crippen LogP contribution in [-0.4, -0.2) is 53.0 Å². The van der Waals surface area contributed by atoms with Crippen molar-refractivity contribution in [2.45, 2.75) is 25.2 Å². The van der Waals surface area contributed by atoms with Crippen LogP contribution in [0.1, 0.15) is 6.92 Å². The topological polar surface area (TPSA) is 101 Å². The third-order valence-electron chi connectivity index (χ3n) is 1.93.